The molecule has 21 heavy (non-hydrogen) atoms. The number of aromatic nitrogens is 2. The van der Waals surface area contributed by atoms with E-state index in [1.54, 1.807) is 0 Å². The maximum absolute atomic E-state index is 11.7. The summed E-state index contributed by atoms with van der Waals surface area (Å²) >= 11 is 3.38. The monoisotopic (exact) mass is 351 g/mol. The number of hydrogen-bond acceptors (Lipinski definition) is 4. The van der Waals surface area contributed by atoms with Gasteiger partial charge in [-0.05, 0) is 45.0 Å². The van der Waals surface area contributed by atoms with Gasteiger partial charge in [0.25, 0.3) is 0 Å². The van der Waals surface area contributed by atoms with Crippen LogP contribution in [0, 0.1) is 0 Å². The van der Waals surface area contributed by atoms with Gasteiger partial charge < -0.3 is 9.84 Å². The fourth-order valence-electron chi connectivity index (χ4n) is 1.77. The molecule has 2 rings (SSSR count). The van der Waals surface area contributed by atoms with Gasteiger partial charge in [-0.2, -0.15) is 4.98 Å². The first kappa shape index (κ1) is 15.7. The minimum absolute atomic E-state index is 0.0223. The van der Waals surface area contributed by atoms with Crippen LogP contribution in [-0.2, 0) is 11.2 Å². The lowest BCUT2D eigenvalue weighted by Gasteiger charge is -2.20. The minimum Gasteiger partial charge on any atom is -0.351 e. The molecule has 0 aliphatic rings. The zero-order valence-corrected chi connectivity index (χ0v) is 13.9. The van der Waals surface area contributed by atoms with E-state index in [-0.39, 0.29) is 11.4 Å². The number of hydrogen-bond donors (Lipinski definition) is 1. The largest absolute Gasteiger partial charge is 0.351 e. The quantitative estimate of drug-likeness (QED) is 0.916. The van der Waals surface area contributed by atoms with E-state index in [2.05, 4.69) is 31.4 Å². The summed E-state index contributed by atoms with van der Waals surface area (Å²) in [5, 5.41) is 6.84. The number of nitrogens with one attached hydrogen (secondary N) is 1. The van der Waals surface area contributed by atoms with Gasteiger partial charge >= 0.3 is 0 Å². The second-order valence-corrected chi connectivity index (χ2v) is 6.73. The van der Waals surface area contributed by atoms with Gasteiger partial charge in [0.1, 0.15) is 0 Å². The molecule has 5 nitrogen and oxygen atoms in total. The average molecular weight is 352 g/mol. The highest BCUT2D eigenvalue weighted by molar-refractivity contribution is 9.10. The predicted octanol–water partition coefficient (Wildman–Crippen LogP) is 3.35. The van der Waals surface area contributed by atoms with Crippen molar-refractivity contribution in [2.24, 2.45) is 0 Å². The van der Waals surface area contributed by atoms with Crippen molar-refractivity contribution >= 4 is 21.8 Å². The topological polar surface area (TPSA) is 68.0 Å². The van der Waals surface area contributed by atoms with Crippen LogP contribution >= 0.6 is 15.9 Å². The molecular weight excluding hydrogens is 334 g/mol. The van der Waals surface area contributed by atoms with Crippen LogP contribution in [0.1, 0.15) is 33.1 Å². The third-order valence-corrected chi connectivity index (χ3v) is 3.18. The van der Waals surface area contributed by atoms with Crippen molar-refractivity contribution in [3.05, 3.63) is 34.6 Å². The summed E-state index contributed by atoms with van der Waals surface area (Å²) in [6, 6.07) is 7.65. The molecule has 1 aromatic heterocycles. The Morgan fingerprint density at radius 2 is 1.95 bits per heavy atom. The predicted molar refractivity (Wildman–Crippen MR) is 83.7 cm³/mol. The summed E-state index contributed by atoms with van der Waals surface area (Å²) in [5.41, 5.74) is 0.654. The van der Waals surface area contributed by atoms with Gasteiger partial charge in [0.05, 0.1) is 0 Å². The second-order valence-electron chi connectivity index (χ2n) is 5.82. The minimum atomic E-state index is -0.228. The van der Waals surface area contributed by atoms with Crippen LogP contribution in [0.3, 0.4) is 0 Å². The average Bonchev–Trinajstić information content (AvgIpc) is 2.84. The van der Waals surface area contributed by atoms with Crippen LogP contribution in [-0.4, -0.2) is 21.6 Å². The zero-order valence-electron chi connectivity index (χ0n) is 12.3. The first-order chi connectivity index (χ1) is 9.83. The van der Waals surface area contributed by atoms with Gasteiger partial charge in [0.15, 0.2) is 0 Å². The van der Waals surface area contributed by atoms with Crippen LogP contribution in [0.5, 0.6) is 0 Å². The van der Waals surface area contributed by atoms with Gasteiger partial charge in [-0.25, -0.2) is 0 Å². The molecule has 0 saturated heterocycles. The Morgan fingerprint density at radius 3 is 2.57 bits per heavy atom. The van der Waals surface area contributed by atoms with E-state index in [9.17, 15) is 4.79 Å². The summed E-state index contributed by atoms with van der Waals surface area (Å²) in [4.78, 5) is 16.0. The smallest absolute Gasteiger partial charge is 0.227 e. The Labute approximate surface area is 132 Å². The molecular formula is C15H18BrN3O2. The summed E-state index contributed by atoms with van der Waals surface area (Å²) in [6.45, 7) is 5.84. The molecule has 0 bridgehead atoms. The van der Waals surface area contributed by atoms with Crippen molar-refractivity contribution < 1.29 is 9.32 Å². The van der Waals surface area contributed by atoms with E-state index in [1.807, 2.05) is 45.0 Å². The Morgan fingerprint density at radius 1 is 1.29 bits per heavy atom. The summed E-state index contributed by atoms with van der Waals surface area (Å²) in [6.07, 6.45) is 0.769. The Bertz CT molecular complexity index is 615. The lowest BCUT2D eigenvalue weighted by atomic mass is 10.1. The highest BCUT2D eigenvalue weighted by Crippen LogP contribution is 2.19. The molecule has 0 atom stereocenters. The molecule has 0 spiro atoms. The molecule has 0 unspecified atom stereocenters. The van der Waals surface area contributed by atoms with Crippen molar-refractivity contribution in [3.63, 3.8) is 0 Å². The standard InChI is InChI=1S/C15H18BrN3O2/c1-15(2,3)18-12(20)8-9-13-17-14(19-21-13)10-4-6-11(16)7-5-10/h4-7H,8-9H2,1-3H3,(H,18,20). The van der Waals surface area contributed by atoms with E-state index < -0.39 is 0 Å². The van der Waals surface area contributed by atoms with Crippen molar-refractivity contribution in [1.82, 2.24) is 15.5 Å². The second kappa shape index (κ2) is 6.39. The Kier molecular flexibility index (Phi) is 4.77. The molecule has 1 heterocycles. The van der Waals surface area contributed by atoms with Gasteiger partial charge in [-0.3, -0.25) is 4.79 Å². The lowest BCUT2D eigenvalue weighted by Crippen LogP contribution is -2.40. The van der Waals surface area contributed by atoms with E-state index in [0.717, 1.165) is 10.0 Å². The molecule has 0 saturated carbocycles. The zero-order chi connectivity index (χ0) is 15.5. The number of carbonyl (C=O) groups is 1. The fourth-order valence-corrected chi connectivity index (χ4v) is 2.04. The third kappa shape index (κ3) is 4.97. The molecule has 0 fully saturated rings. The maximum Gasteiger partial charge on any atom is 0.227 e. The molecule has 1 N–H and O–H groups in total. The number of benzene rings is 1. The summed E-state index contributed by atoms with van der Waals surface area (Å²) in [7, 11) is 0. The van der Waals surface area contributed by atoms with Crippen molar-refractivity contribution in [2.45, 2.75) is 39.2 Å². The normalized spacial score (nSPS) is 11.4. The van der Waals surface area contributed by atoms with E-state index >= 15 is 0 Å². The van der Waals surface area contributed by atoms with Crippen molar-refractivity contribution in [2.75, 3.05) is 0 Å². The van der Waals surface area contributed by atoms with Crippen LogP contribution in [0.4, 0.5) is 0 Å². The molecule has 0 radical (unpaired) electrons. The maximum atomic E-state index is 11.7. The molecule has 1 aromatic carbocycles. The highest BCUT2D eigenvalue weighted by Gasteiger charge is 2.15. The summed E-state index contributed by atoms with van der Waals surface area (Å²) in [5.74, 6) is 0.983. The fraction of sp³-hybridized carbons (Fsp3) is 0.400. The van der Waals surface area contributed by atoms with Gasteiger partial charge in [0, 0.05) is 28.4 Å². The number of carbonyl (C=O) groups excluding carboxylic acids is 1. The van der Waals surface area contributed by atoms with E-state index in [0.29, 0.717) is 24.6 Å². The summed E-state index contributed by atoms with van der Waals surface area (Å²) < 4.78 is 6.17. The van der Waals surface area contributed by atoms with E-state index in [1.165, 1.54) is 0 Å². The molecule has 0 aliphatic heterocycles. The molecule has 1 amide bonds. The van der Waals surface area contributed by atoms with Crippen LogP contribution in [0.2, 0.25) is 0 Å². The lowest BCUT2D eigenvalue weighted by molar-refractivity contribution is -0.122. The number of rotatable bonds is 4. The van der Waals surface area contributed by atoms with Crippen molar-refractivity contribution in [1.29, 1.82) is 0 Å². The Balaban J connectivity index is 1.94. The number of amides is 1. The third-order valence-electron chi connectivity index (χ3n) is 2.65. The van der Waals surface area contributed by atoms with Gasteiger partial charge in [-0.15, -0.1) is 0 Å². The van der Waals surface area contributed by atoms with Crippen LogP contribution < -0.4 is 5.32 Å². The molecule has 0 aliphatic carbocycles. The number of aryl methyl sites for hydroxylation is 1. The Hall–Kier alpha value is -1.69. The number of nitrogens with zero attached hydrogens (tertiary/aromatic N) is 2. The highest BCUT2D eigenvalue weighted by atomic mass is 79.9. The van der Waals surface area contributed by atoms with Crippen LogP contribution in [0.15, 0.2) is 33.3 Å². The van der Waals surface area contributed by atoms with E-state index in [4.69, 9.17) is 4.52 Å². The first-order valence-electron chi connectivity index (χ1n) is 6.73. The van der Waals surface area contributed by atoms with Gasteiger partial charge in [-0.1, -0.05) is 21.1 Å². The molecule has 2 aromatic rings. The number of halogens is 1. The molecule has 112 valence electrons. The first-order valence-corrected chi connectivity index (χ1v) is 7.52. The van der Waals surface area contributed by atoms with Crippen molar-refractivity contribution in [3.8, 4) is 11.4 Å². The van der Waals surface area contributed by atoms with Crippen LogP contribution in [0.25, 0.3) is 11.4 Å². The molecule has 6 heteroatoms. The van der Waals surface area contributed by atoms with Gasteiger partial charge in [0.2, 0.25) is 17.6 Å². The SMILES string of the molecule is CC(C)(C)NC(=O)CCc1nc(-c2ccc(Br)cc2)no1.